The summed E-state index contributed by atoms with van der Waals surface area (Å²) in [4.78, 5) is 16.1. The maximum absolute atomic E-state index is 7.24. The molecule has 4 aromatic heterocycles. The van der Waals surface area contributed by atoms with E-state index in [1.54, 1.807) is 0 Å². The van der Waals surface area contributed by atoms with Gasteiger partial charge in [0.25, 0.3) is 0 Å². The molecule has 0 fully saturated rings. The average Bonchev–Trinajstić information content (AvgIpc) is 4.31. The van der Waals surface area contributed by atoms with Crippen LogP contribution in [0, 0.1) is 0 Å². The van der Waals surface area contributed by atoms with Crippen LogP contribution in [0.1, 0.15) is 18.4 Å². The summed E-state index contributed by atoms with van der Waals surface area (Å²) in [5.74, 6) is 1.79. The maximum atomic E-state index is 7.24. The number of hydrogen-bond acceptors (Lipinski definition) is 4. The molecule has 0 unspecified atom stereocenters. The first-order chi connectivity index (χ1) is 40.2. The molecule has 16 rings (SSSR count). The lowest BCUT2D eigenvalue weighted by molar-refractivity contribution is 0.673. The van der Waals surface area contributed by atoms with Crippen LogP contribution >= 0.6 is 0 Å². The van der Waals surface area contributed by atoms with Crippen LogP contribution in [0.5, 0.6) is 0 Å². The summed E-state index contributed by atoms with van der Waals surface area (Å²) in [5.41, 5.74) is 19.9. The minimum Gasteiger partial charge on any atom is -0.455 e. The predicted molar refractivity (Wildman–Crippen MR) is 335 cm³/mol. The standard InChI is InChI=1S/C75H49N5O/c1-6-20-48(21-7-1)50-34-38-54(39-35-50)73-76-74(55-40-36-51(37-41-55)49-22-8-2-9-23-49)78-75(77-73)56-46-62(52-24-10-3-11-25-52)70(63(47-56)53-26-12-4-13-27-53)80-65-33-19-17-31-60(65)68-66(80)44-42-61-69-67(81-72(61)68)45-43-59-58-30-16-18-32-64(58)79(71(59)69)57-28-14-5-15-29-57/h1-3,5-12,14-47H,4,13H2. The Labute approximate surface area is 467 Å². The van der Waals surface area contributed by atoms with Crippen LogP contribution < -0.4 is 0 Å². The Morgan fingerprint density at radius 1 is 0.346 bits per heavy atom. The van der Waals surface area contributed by atoms with Crippen molar-refractivity contribution < 1.29 is 4.42 Å². The van der Waals surface area contributed by atoms with Gasteiger partial charge in [0.05, 0.1) is 38.5 Å². The molecule has 11 aromatic carbocycles. The Bertz CT molecular complexity index is 4890. The number of furan rings is 1. The van der Waals surface area contributed by atoms with Crippen molar-refractivity contribution in [3.63, 3.8) is 0 Å². The van der Waals surface area contributed by atoms with Crippen molar-refractivity contribution in [1.82, 2.24) is 24.1 Å². The SMILES string of the molecule is C1=CC(c2cc(-c3nc(-c4ccc(-c5ccccc5)cc4)nc(-c4ccc(-c5ccccc5)cc4)n3)cc(-c3ccccc3)c2-n2c3ccccc3c3c4oc5ccc6c7ccccc7n(-c7ccccc7)c6c5c4ccc32)=CCC1. The largest absolute Gasteiger partial charge is 0.455 e. The monoisotopic (exact) mass is 1040 g/mol. The molecule has 0 spiro atoms. The zero-order valence-corrected chi connectivity index (χ0v) is 44.0. The maximum Gasteiger partial charge on any atom is 0.164 e. The molecule has 1 aliphatic rings. The molecule has 0 amide bonds. The molecule has 0 radical (unpaired) electrons. The van der Waals surface area contributed by atoms with E-state index >= 15 is 0 Å². The molecule has 0 saturated carbocycles. The molecule has 6 heteroatoms. The van der Waals surface area contributed by atoms with Gasteiger partial charge in [-0.25, -0.2) is 15.0 Å². The number of allylic oxidation sites excluding steroid dienone is 4. The van der Waals surface area contributed by atoms with Crippen molar-refractivity contribution in [3.8, 4) is 78.9 Å². The second-order valence-corrected chi connectivity index (χ2v) is 20.9. The van der Waals surface area contributed by atoms with Crippen LogP contribution in [0.15, 0.2) is 277 Å². The highest BCUT2D eigenvalue weighted by molar-refractivity contribution is 6.30. The fraction of sp³-hybridized carbons (Fsp3) is 0.0267. The van der Waals surface area contributed by atoms with Crippen molar-refractivity contribution >= 4 is 71.1 Å². The Morgan fingerprint density at radius 2 is 0.852 bits per heavy atom. The molecule has 15 aromatic rings. The summed E-state index contributed by atoms with van der Waals surface area (Å²) in [6.45, 7) is 0. The van der Waals surface area contributed by atoms with Crippen LogP contribution in [0.2, 0.25) is 0 Å². The van der Waals surface area contributed by atoms with Crippen molar-refractivity contribution in [3.05, 3.63) is 279 Å². The quantitative estimate of drug-likeness (QED) is 0.145. The van der Waals surface area contributed by atoms with E-state index in [1.807, 2.05) is 12.1 Å². The zero-order valence-electron chi connectivity index (χ0n) is 44.0. The number of fused-ring (bicyclic) bond motifs is 11. The van der Waals surface area contributed by atoms with Gasteiger partial charge in [-0.1, -0.05) is 212 Å². The second kappa shape index (κ2) is 19.0. The first kappa shape index (κ1) is 46.4. The van der Waals surface area contributed by atoms with Gasteiger partial charge in [0.15, 0.2) is 17.5 Å². The molecule has 81 heavy (non-hydrogen) atoms. The summed E-state index contributed by atoms with van der Waals surface area (Å²) in [5, 5.41) is 6.76. The molecule has 0 atom stereocenters. The third-order valence-corrected chi connectivity index (χ3v) is 16.2. The van der Waals surface area contributed by atoms with Crippen LogP contribution in [0.25, 0.3) is 150 Å². The fourth-order valence-electron chi connectivity index (χ4n) is 12.4. The minimum absolute atomic E-state index is 0.588. The van der Waals surface area contributed by atoms with E-state index in [1.165, 1.54) is 10.8 Å². The Balaban J connectivity index is 0.948. The van der Waals surface area contributed by atoms with Gasteiger partial charge in [0.1, 0.15) is 11.2 Å². The topological polar surface area (TPSA) is 61.7 Å². The van der Waals surface area contributed by atoms with Gasteiger partial charge < -0.3 is 13.6 Å². The number of hydrogen-bond donors (Lipinski definition) is 0. The van der Waals surface area contributed by atoms with E-state index in [2.05, 4.69) is 270 Å². The summed E-state index contributed by atoms with van der Waals surface area (Å²) in [6.07, 6.45) is 8.87. The lowest BCUT2D eigenvalue weighted by Gasteiger charge is -2.22. The van der Waals surface area contributed by atoms with Gasteiger partial charge in [-0.2, -0.15) is 0 Å². The number of para-hydroxylation sites is 3. The molecular weight excluding hydrogens is 987 g/mol. The van der Waals surface area contributed by atoms with Crippen molar-refractivity contribution in [1.29, 1.82) is 0 Å². The highest BCUT2D eigenvalue weighted by Crippen LogP contribution is 2.48. The van der Waals surface area contributed by atoms with Crippen LogP contribution in [-0.2, 0) is 0 Å². The second-order valence-electron chi connectivity index (χ2n) is 20.9. The van der Waals surface area contributed by atoms with E-state index < -0.39 is 0 Å². The van der Waals surface area contributed by atoms with Crippen molar-refractivity contribution in [2.45, 2.75) is 12.8 Å². The molecule has 0 saturated heterocycles. The lowest BCUT2D eigenvalue weighted by atomic mass is 9.90. The first-order valence-corrected chi connectivity index (χ1v) is 27.7. The highest BCUT2D eigenvalue weighted by atomic mass is 16.3. The highest BCUT2D eigenvalue weighted by Gasteiger charge is 2.27. The molecule has 0 N–H and O–H groups in total. The number of aromatic nitrogens is 5. The molecule has 0 bridgehead atoms. The summed E-state index contributed by atoms with van der Waals surface area (Å²) in [6, 6.07) is 90.6. The number of rotatable bonds is 9. The van der Waals surface area contributed by atoms with Crippen molar-refractivity contribution in [2.24, 2.45) is 0 Å². The lowest BCUT2D eigenvalue weighted by Crippen LogP contribution is -2.05. The molecular formula is C75H49N5O. The van der Waals surface area contributed by atoms with Crippen molar-refractivity contribution in [2.75, 3.05) is 0 Å². The Hall–Kier alpha value is -10.7. The molecule has 380 valence electrons. The third kappa shape index (κ3) is 7.75. The first-order valence-electron chi connectivity index (χ1n) is 27.7. The van der Waals surface area contributed by atoms with Gasteiger partial charge in [0, 0.05) is 55.0 Å². The van der Waals surface area contributed by atoms with E-state index in [0.29, 0.717) is 17.5 Å². The van der Waals surface area contributed by atoms with Gasteiger partial charge in [0.2, 0.25) is 0 Å². The zero-order chi connectivity index (χ0) is 53.4. The number of nitrogens with zero attached hydrogens (tertiary/aromatic N) is 5. The Kier molecular flexibility index (Phi) is 10.9. The minimum atomic E-state index is 0.588. The fourth-order valence-corrected chi connectivity index (χ4v) is 12.4. The van der Waals surface area contributed by atoms with E-state index in [4.69, 9.17) is 19.4 Å². The summed E-state index contributed by atoms with van der Waals surface area (Å²) >= 11 is 0. The normalized spacial score (nSPS) is 12.6. The van der Waals surface area contributed by atoms with E-state index in [0.717, 1.165) is 140 Å². The van der Waals surface area contributed by atoms with E-state index in [-0.39, 0.29) is 0 Å². The molecule has 0 aliphatic heterocycles. The van der Waals surface area contributed by atoms with E-state index in [9.17, 15) is 0 Å². The predicted octanol–water partition coefficient (Wildman–Crippen LogP) is 19.7. The average molecular weight is 1040 g/mol. The molecule has 6 nitrogen and oxygen atoms in total. The van der Waals surface area contributed by atoms with Gasteiger partial charge >= 0.3 is 0 Å². The summed E-state index contributed by atoms with van der Waals surface area (Å²) in [7, 11) is 0. The van der Waals surface area contributed by atoms with Gasteiger partial charge in [-0.15, -0.1) is 0 Å². The molecule has 1 aliphatic carbocycles. The van der Waals surface area contributed by atoms with Crippen LogP contribution in [0.3, 0.4) is 0 Å². The Morgan fingerprint density at radius 3 is 1.47 bits per heavy atom. The molecule has 4 heterocycles. The van der Waals surface area contributed by atoms with Gasteiger partial charge in [-0.3, -0.25) is 0 Å². The van der Waals surface area contributed by atoms with Crippen LogP contribution in [-0.4, -0.2) is 24.1 Å². The van der Waals surface area contributed by atoms with Gasteiger partial charge in [-0.05, 0) is 107 Å². The third-order valence-electron chi connectivity index (χ3n) is 16.2. The smallest absolute Gasteiger partial charge is 0.164 e. The number of benzene rings is 11. The summed E-state index contributed by atoms with van der Waals surface area (Å²) < 4.78 is 12.1. The van der Waals surface area contributed by atoms with Crippen LogP contribution in [0.4, 0.5) is 0 Å².